The van der Waals surface area contributed by atoms with Crippen molar-refractivity contribution in [2.24, 2.45) is 11.8 Å². The predicted molar refractivity (Wildman–Crippen MR) is 65.1 cm³/mol. The van der Waals surface area contributed by atoms with Gasteiger partial charge in [-0.2, -0.15) is 0 Å². The molecule has 0 aromatic heterocycles. The summed E-state index contributed by atoms with van der Waals surface area (Å²) in [6.45, 7) is 4.78. The lowest BCUT2D eigenvalue weighted by molar-refractivity contribution is 0.415. The molecule has 2 unspecified atom stereocenters. The minimum Gasteiger partial charge on any atom is -0.497 e. The van der Waals surface area contributed by atoms with Crippen molar-refractivity contribution in [3.8, 4) is 5.75 Å². The summed E-state index contributed by atoms with van der Waals surface area (Å²) in [6.07, 6.45) is 0. The molecule has 2 fully saturated rings. The summed E-state index contributed by atoms with van der Waals surface area (Å²) in [7, 11) is 1.71. The van der Waals surface area contributed by atoms with Crippen LogP contribution in [0, 0.1) is 11.8 Å². The monoisotopic (exact) mass is 218 g/mol. The van der Waals surface area contributed by atoms with Crippen LogP contribution in [0.3, 0.4) is 0 Å². The van der Waals surface area contributed by atoms with Crippen LogP contribution < -0.4 is 15.0 Å². The highest BCUT2D eigenvalue weighted by atomic mass is 16.5. The highest BCUT2D eigenvalue weighted by Crippen LogP contribution is 2.31. The fourth-order valence-corrected chi connectivity index (χ4v) is 2.86. The highest BCUT2D eigenvalue weighted by Gasteiger charge is 2.35. The molecule has 0 aliphatic carbocycles. The molecule has 2 heterocycles. The molecule has 0 bridgehead atoms. The van der Waals surface area contributed by atoms with E-state index in [1.807, 2.05) is 12.1 Å². The molecule has 3 rings (SSSR count). The quantitative estimate of drug-likeness (QED) is 0.811. The second-order valence-electron chi connectivity index (χ2n) is 4.78. The van der Waals surface area contributed by atoms with Gasteiger partial charge in [-0.05, 0) is 36.1 Å². The number of anilines is 1. The topological polar surface area (TPSA) is 24.5 Å². The molecule has 0 spiro atoms. The summed E-state index contributed by atoms with van der Waals surface area (Å²) in [4.78, 5) is 2.50. The molecule has 3 nitrogen and oxygen atoms in total. The summed E-state index contributed by atoms with van der Waals surface area (Å²) < 4.78 is 5.18. The Labute approximate surface area is 96.4 Å². The maximum Gasteiger partial charge on any atom is 0.119 e. The average molecular weight is 218 g/mol. The molecule has 3 heteroatoms. The van der Waals surface area contributed by atoms with Gasteiger partial charge in [0.25, 0.3) is 0 Å². The molecule has 16 heavy (non-hydrogen) atoms. The lowest BCUT2D eigenvalue weighted by atomic mass is 10.0. The number of methoxy groups -OCH3 is 1. The van der Waals surface area contributed by atoms with Crippen molar-refractivity contribution in [3.05, 3.63) is 24.3 Å². The minimum absolute atomic E-state index is 0.849. The van der Waals surface area contributed by atoms with Crippen LogP contribution in [-0.4, -0.2) is 33.3 Å². The van der Waals surface area contributed by atoms with Crippen molar-refractivity contribution < 1.29 is 4.74 Å². The smallest absolute Gasteiger partial charge is 0.119 e. The zero-order valence-corrected chi connectivity index (χ0v) is 9.65. The number of benzene rings is 1. The van der Waals surface area contributed by atoms with E-state index in [1.54, 1.807) is 7.11 Å². The Morgan fingerprint density at radius 2 is 1.75 bits per heavy atom. The van der Waals surface area contributed by atoms with Gasteiger partial charge >= 0.3 is 0 Å². The van der Waals surface area contributed by atoms with Gasteiger partial charge < -0.3 is 15.0 Å². The van der Waals surface area contributed by atoms with Gasteiger partial charge in [0.05, 0.1) is 7.11 Å². The largest absolute Gasteiger partial charge is 0.497 e. The molecule has 2 atom stereocenters. The van der Waals surface area contributed by atoms with E-state index in [0.717, 1.165) is 17.6 Å². The van der Waals surface area contributed by atoms with E-state index in [2.05, 4.69) is 22.3 Å². The van der Waals surface area contributed by atoms with Crippen molar-refractivity contribution in [1.29, 1.82) is 0 Å². The van der Waals surface area contributed by atoms with Gasteiger partial charge in [-0.25, -0.2) is 0 Å². The van der Waals surface area contributed by atoms with Crippen LogP contribution in [-0.2, 0) is 0 Å². The van der Waals surface area contributed by atoms with Gasteiger partial charge in [0, 0.05) is 31.9 Å². The van der Waals surface area contributed by atoms with Gasteiger partial charge in [0.15, 0.2) is 0 Å². The lowest BCUT2D eigenvalue weighted by Crippen LogP contribution is -2.25. The predicted octanol–water partition coefficient (Wildman–Crippen LogP) is 1.35. The van der Waals surface area contributed by atoms with E-state index >= 15 is 0 Å². The molecule has 2 aliphatic rings. The van der Waals surface area contributed by atoms with Gasteiger partial charge in [-0.1, -0.05) is 0 Å². The maximum absolute atomic E-state index is 5.18. The fourth-order valence-electron chi connectivity index (χ4n) is 2.86. The molecule has 2 saturated heterocycles. The number of hydrogen-bond acceptors (Lipinski definition) is 3. The number of hydrogen-bond donors (Lipinski definition) is 1. The summed E-state index contributed by atoms with van der Waals surface area (Å²) in [5.41, 5.74) is 1.33. The molecule has 2 aliphatic heterocycles. The SMILES string of the molecule is COc1ccc(N2CC3CNCC3C2)cc1. The van der Waals surface area contributed by atoms with Gasteiger partial charge in [-0.15, -0.1) is 0 Å². The summed E-state index contributed by atoms with van der Waals surface area (Å²) in [5, 5.41) is 3.47. The second kappa shape index (κ2) is 3.98. The Balaban J connectivity index is 1.73. The number of ether oxygens (including phenoxy) is 1. The standard InChI is InChI=1S/C13H18N2O/c1-16-13-4-2-12(3-5-13)15-8-10-6-14-7-11(10)9-15/h2-5,10-11,14H,6-9H2,1H3. The first-order chi connectivity index (χ1) is 7.86. The van der Waals surface area contributed by atoms with Crippen molar-refractivity contribution >= 4 is 5.69 Å². The Bertz CT molecular complexity index is 351. The van der Waals surface area contributed by atoms with Crippen LogP contribution in [0.15, 0.2) is 24.3 Å². The van der Waals surface area contributed by atoms with Crippen molar-refractivity contribution in [1.82, 2.24) is 5.32 Å². The normalized spacial score (nSPS) is 28.2. The Hall–Kier alpha value is -1.22. The summed E-state index contributed by atoms with van der Waals surface area (Å²) in [6, 6.07) is 8.41. The molecular formula is C13H18N2O. The van der Waals surface area contributed by atoms with Crippen LogP contribution in [0.4, 0.5) is 5.69 Å². The first kappa shape index (κ1) is 9.97. The van der Waals surface area contributed by atoms with Crippen LogP contribution in [0.5, 0.6) is 5.75 Å². The van der Waals surface area contributed by atoms with Crippen LogP contribution in [0.2, 0.25) is 0 Å². The third-order valence-electron chi connectivity index (χ3n) is 3.83. The van der Waals surface area contributed by atoms with E-state index in [9.17, 15) is 0 Å². The van der Waals surface area contributed by atoms with Crippen molar-refractivity contribution in [3.63, 3.8) is 0 Å². The minimum atomic E-state index is 0.849. The third kappa shape index (κ3) is 1.65. The Kier molecular flexibility index (Phi) is 2.48. The molecule has 1 N–H and O–H groups in total. The Morgan fingerprint density at radius 3 is 2.31 bits per heavy atom. The molecule has 86 valence electrons. The van der Waals surface area contributed by atoms with Crippen LogP contribution >= 0.6 is 0 Å². The van der Waals surface area contributed by atoms with Crippen molar-refractivity contribution in [2.45, 2.75) is 0 Å². The number of rotatable bonds is 2. The van der Waals surface area contributed by atoms with Gasteiger partial charge in [0.2, 0.25) is 0 Å². The Morgan fingerprint density at radius 1 is 1.12 bits per heavy atom. The van der Waals surface area contributed by atoms with Crippen LogP contribution in [0.1, 0.15) is 0 Å². The summed E-state index contributed by atoms with van der Waals surface area (Å²) >= 11 is 0. The number of nitrogens with one attached hydrogen (secondary N) is 1. The van der Waals surface area contributed by atoms with E-state index in [-0.39, 0.29) is 0 Å². The zero-order chi connectivity index (χ0) is 11.0. The highest BCUT2D eigenvalue weighted by molar-refractivity contribution is 5.50. The molecule has 1 aromatic rings. The van der Waals surface area contributed by atoms with E-state index < -0.39 is 0 Å². The zero-order valence-electron chi connectivity index (χ0n) is 9.65. The van der Waals surface area contributed by atoms with Crippen molar-refractivity contribution in [2.75, 3.05) is 38.2 Å². The molecule has 0 saturated carbocycles. The van der Waals surface area contributed by atoms with E-state index in [0.29, 0.717) is 0 Å². The van der Waals surface area contributed by atoms with Gasteiger partial charge in [-0.3, -0.25) is 0 Å². The third-order valence-corrected chi connectivity index (χ3v) is 3.83. The number of nitrogens with zero attached hydrogens (tertiary/aromatic N) is 1. The first-order valence-corrected chi connectivity index (χ1v) is 5.96. The fraction of sp³-hybridized carbons (Fsp3) is 0.538. The lowest BCUT2D eigenvalue weighted by Gasteiger charge is -2.19. The first-order valence-electron chi connectivity index (χ1n) is 5.96. The second-order valence-corrected chi connectivity index (χ2v) is 4.78. The summed E-state index contributed by atoms with van der Waals surface area (Å²) in [5.74, 6) is 2.63. The number of fused-ring (bicyclic) bond motifs is 1. The average Bonchev–Trinajstić information content (AvgIpc) is 2.89. The molecule has 0 radical (unpaired) electrons. The molecule has 0 amide bonds. The van der Waals surface area contributed by atoms with Crippen LogP contribution in [0.25, 0.3) is 0 Å². The molecule has 1 aromatic carbocycles. The molecular weight excluding hydrogens is 200 g/mol. The van der Waals surface area contributed by atoms with E-state index in [1.165, 1.54) is 31.9 Å². The van der Waals surface area contributed by atoms with Gasteiger partial charge in [0.1, 0.15) is 5.75 Å². The maximum atomic E-state index is 5.18. The van der Waals surface area contributed by atoms with E-state index in [4.69, 9.17) is 4.74 Å².